The Labute approximate surface area is 136 Å². The van der Waals surface area contributed by atoms with Crippen molar-refractivity contribution in [3.63, 3.8) is 0 Å². The van der Waals surface area contributed by atoms with Gasteiger partial charge in [0.1, 0.15) is 17.4 Å². The van der Waals surface area contributed by atoms with Gasteiger partial charge in [0, 0.05) is 7.05 Å². The average Bonchev–Trinajstić information content (AvgIpc) is 2.74. The largest absolute Gasteiger partial charge is 0.509 e. The molecule has 1 aromatic carbocycles. The first-order chi connectivity index (χ1) is 11.2. The second-order valence-corrected chi connectivity index (χ2v) is 6.11. The maximum Gasteiger partial charge on any atom is 0.155 e. The number of fused-ring (bicyclic) bond motifs is 1. The predicted molar refractivity (Wildman–Crippen MR) is 90.8 cm³/mol. The third kappa shape index (κ3) is 3.22. The summed E-state index contributed by atoms with van der Waals surface area (Å²) in [6.45, 7) is 2.38. The van der Waals surface area contributed by atoms with Crippen molar-refractivity contribution in [2.75, 3.05) is 19.6 Å². The van der Waals surface area contributed by atoms with E-state index in [2.05, 4.69) is 16.0 Å². The number of para-hydroxylation sites is 2. The van der Waals surface area contributed by atoms with Crippen molar-refractivity contribution in [2.45, 2.75) is 25.7 Å². The molecule has 3 rings (SSSR count). The fourth-order valence-electron chi connectivity index (χ4n) is 3.20. The molecule has 0 radical (unpaired) electrons. The van der Waals surface area contributed by atoms with E-state index in [4.69, 9.17) is 0 Å². The monoisotopic (exact) mass is 310 g/mol. The molecule has 1 saturated heterocycles. The second kappa shape index (κ2) is 6.84. The Morgan fingerprint density at radius 1 is 1.22 bits per heavy atom. The minimum Gasteiger partial charge on any atom is -0.509 e. The van der Waals surface area contributed by atoms with Gasteiger partial charge in [-0.25, -0.2) is 4.98 Å². The Morgan fingerprint density at radius 2 is 1.91 bits per heavy atom. The lowest BCUT2D eigenvalue weighted by molar-refractivity contribution is 0.258. The number of nitrogens with zero attached hydrogens (tertiary/aromatic N) is 4. The number of imidazole rings is 1. The van der Waals surface area contributed by atoms with Gasteiger partial charge in [0.05, 0.1) is 17.6 Å². The maximum absolute atomic E-state index is 10.5. The minimum atomic E-state index is 0.118. The molecule has 120 valence electrons. The van der Waals surface area contributed by atoms with Crippen molar-refractivity contribution in [1.82, 2.24) is 14.5 Å². The minimum absolute atomic E-state index is 0.118. The van der Waals surface area contributed by atoms with Crippen LogP contribution in [0.15, 0.2) is 30.0 Å². The van der Waals surface area contributed by atoms with Crippen LogP contribution in [0.1, 0.15) is 31.5 Å². The van der Waals surface area contributed by atoms with Gasteiger partial charge in [-0.15, -0.1) is 0 Å². The molecular formula is C18H22N4O. The van der Waals surface area contributed by atoms with Gasteiger partial charge in [-0.1, -0.05) is 25.0 Å². The summed E-state index contributed by atoms with van der Waals surface area (Å²) < 4.78 is 1.87. The highest BCUT2D eigenvalue weighted by Gasteiger charge is 2.18. The van der Waals surface area contributed by atoms with Crippen LogP contribution in [0.3, 0.4) is 0 Å². The van der Waals surface area contributed by atoms with Crippen LogP contribution in [0.5, 0.6) is 0 Å². The molecule has 5 nitrogen and oxygen atoms in total. The molecule has 0 aliphatic carbocycles. The smallest absolute Gasteiger partial charge is 0.155 e. The van der Waals surface area contributed by atoms with Crippen molar-refractivity contribution in [3.8, 4) is 6.07 Å². The lowest BCUT2D eigenvalue weighted by Gasteiger charge is -2.19. The molecule has 1 aliphatic rings. The first kappa shape index (κ1) is 15.6. The van der Waals surface area contributed by atoms with Crippen LogP contribution in [0.25, 0.3) is 16.6 Å². The predicted octanol–water partition coefficient (Wildman–Crippen LogP) is 3.24. The van der Waals surface area contributed by atoms with Gasteiger partial charge < -0.3 is 9.67 Å². The summed E-state index contributed by atoms with van der Waals surface area (Å²) in [7, 11) is 1.88. The zero-order valence-electron chi connectivity index (χ0n) is 13.5. The molecule has 5 heteroatoms. The quantitative estimate of drug-likeness (QED) is 0.698. The Balaban J connectivity index is 1.93. The van der Waals surface area contributed by atoms with E-state index in [1.165, 1.54) is 12.8 Å². The first-order valence-corrected chi connectivity index (χ1v) is 8.17. The molecule has 0 atom stereocenters. The van der Waals surface area contributed by atoms with Gasteiger partial charge in [-0.05, 0) is 38.1 Å². The topological polar surface area (TPSA) is 65.1 Å². The number of aromatic nitrogens is 2. The lowest BCUT2D eigenvalue weighted by Crippen LogP contribution is -2.27. The Bertz CT molecular complexity index is 761. The third-order valence-corrected chi connectivity index (χ3v) is 4.48. The van der Waals surface area contributed by atoms with Crippen LogP contribution in [0.2, 0.25) is 0 Å². The van der Waals surface area contributed by atoms with E-state index >= 15 is 0 Å². The first-order valence-electron chi connectivity index (χ1n) is 8.17. The molecule has 2 aromatic rings. The molecule has 1 aromatic heterocycles. The molecule has 0 bridgehead atoms. The summed E-state index contributed by atoms with van der Waals surface area (Å²) in [5, 5.41) is 20.1. The van der Waals surface area contributed by atoms with Crippen LogP contribution >= 0.6 is 0 Å². The number of likely N-dealkylation sites (tertiary alicyclic amines) is 1. The van der Waals surface area contributed by atoms with E-state index in [1.807, 2.05) is 35.9 Å². The molecule has 0 spiro atoms. The number of hydrogen-bond donors (Lipinski definition) is 1. The lowest BCUT2D eigenvalue weighted by atomic mass is 10.2. The van der Waals surface area contributed by atoms with Gasteiger partial charge in [-0.2, -0.15) is 5.26 Å². The van der Waals surface area contributed by atoms with E-state index in [0.717, 1.165) is 37.0 Å². The molecule has 1 fully saturated rings. The summed E-state index contributed by atoms with van der Waals surface area (Å²) in [4.78, 5) is 6.74. The van der Waals surface area contributed by atoms with Gasteiger partial charge in [0.25, 0.3) is 0 Å². The van der Waals surface area contributed by atoms with Crippen molar-refractivity contribution < 1.29 is 5.11 Å². The van der Waals surface area contributed by atoms with Crippen LogP contribution < -0.4 is 0 Å². The number of aliphatic hydroxyl groups excluding tert-OH is 1. The van der Waals surface area contributed by atoms with Gasteiger partial charge in [0.2, 0.25) is 0 Å². The van der Waals surface area contributed by atoms with Crippen LogP contribution in [0.4, 0.5) is 0 Å². The van der Waals surface area contributed by atoms with E-state index in [9.17, 15) is 10.4 Å². The number of aliphatic hydroxyl groups is 1. The van der Waals surface area contributed by atoms with Crippen molar-refractivity contribution >= 4 is 16.6 Å². The Kier molecular flexibility index (Phi) is 4.63. The average molecular weight is 310 g/mol. The number of rotatable bonds is 3. The summed E-state index contributed by atoms with van der Waals surface area (Å²) in [5.41, 5.74) is 2.06. The summed E-state index contributed by atoms with van der Waals surface area (Å²) in [5.74, 6) is 0.647. The van der Waals surface area contributed by atoms with Crippen LogP contribution in [-0.2, 0) is 7.05 Å². The molecule has 0 saturated carbocycles. The zero-order chi connectivity index (χ0) is 16.2. The highest BCUT2D eigenvalue weighted by molar-refractivity contribution is 5.83. The fourth-order valence-corrected chi connectivity index (χ4v) is 3.20. The van der Waals surface area contributed by atoms with Gasteiger partial charge in [-0.3, -0.25) is 4.90 Å². The van der Waals surface area contributed by atoms with Gasteiger partial charge in [0.15, 0.2) is 5.82 Å². The third-order valence-electron chi connectivity index (χ3n) is 4.48. The zero-order valence-corrected chi connectivity index (χ0v) is 13.5. The maximum atomic E-state index is 10.5. The van der Waals surface area contributed by atoms with Crippen molar-refractivity contribution in [1.29, 1.82) is 5.26 Å². The van der Waals surface area contributed by atoms with E-state index in [0.29, 0.717) is 12.4 Å². The highest BCUT2D eigenvalue weighted by atomic mass is 16.3. The highest BCUT2D eigenvalue weighted by Crippen LogP contribution is 2.22. The molecule has 0 unspecified atom stereocenters. The summed E-state index contributed by atoms with van der Waals surface area (Å²) in [6.07, 6.45) is 4.80. The SMILES string of the molecule is Cn1c(/C(C#N)=C(\O)CN2CCCCCC2)nc2ccccc21. The Morgan fingerprint density at radius 3 is 2.57 bits per heavy atom. The number of nitriles is 1. The van der Waals surface area contributed by atoms with E-state index < -0.39 is 0 Å². The molecular weight excluding hydrogens is 288 g/mol. The standard InChI is InChI=1S/C18H22N4O/c1-21-16-9-5-4-8-15(16)20-18(21)14(12-19)17(23)13-22-10-6-2-3-7-11-22/h4-5,8-9,23H,2-3,6-7,10-11,13H2,1H3/b17-14-. The number of allylic oxidation sites excluding steroid dienone is 1. The van der Waals surface area contributed by atoms with Crippen molar-refractivity contribution in [3.05, 3.63) is 35.8 Å². The number of aryl methyl sites for hydroxylation is 1. The molecule has 2 heterocycles. The summed E-state index contributed by atoms with van der Waals surface area (Å²) >= 11 is 0. The normalized spacial score (nSPS) is 17.6. The molecule has 23 heavy (non-hydrogen) atoms. The van der Waals surface area contributed by atoms with Crippen LogP contribution in [0, 0.1) is 11.3 Å². The molecule has 0 amide bonds. The second-order valence-electron chi connectivity index (χ2n) is 6.11. The molecule has 1 aliphatic heterocycles. The fraction of sp³-hybridized carbons (Fsp3) is 0.444. The van der Waals surface area contributed by atoms with Crippen LogP contribution in [-0.4, -0.2) is 39.2 Å². The van der Waals surface area contributed by atoms with E-state index in [1.54, 1.807) is 0 Å². The van der Waals surface area contributed by atoms with Crippen molar-refractivity contribution in [2.24, 2.45) is 7.05 Å². The summed E-state index contributed by atoms with van der Waals surface area (Å²) in [6, 6.07) is 9.89. The number of hydrogen-bond acceptors (Lipinski definition) is 4. The van der Waals surface area contributed by atoms with Gasteiger partial charge >= 0.3 is 0 Å². The number of benzene rings is 1. The van der Waals surface area contributed by atoms with E-state index in [-0.39, 0.29) is 11.3 Å². The molecule has 1 N–H and O–H groups in total. The Hall–Kier alpha value is -2.32.